The minimum absolute atomic E-state index is 0.412. The molecule has 1 aliphatic heterocycles. The first kappa shape index (κ1) is 11.2. The lowest BCUT2D eigenvalue weighted by molar-refractivity contribution is 0.214. The van der Waals surface area contributed by atoms with Gasteiger partial charge >= 0.3 is 0 Å². The zero-order valence-electron chi connectivity index (χ0n) is 10.3. The summed E-state index contributed by atoms with van der Waals surface area (Å²) in [7, 11) is 1.86. The average molecular weight is 244 g/mol. The highest BCUT2D eigenvalue weighted by Crippen LogP contribution is 2.36. The molecule has 1 aromatic carbocycles. The number of hydrogen-bond acceptors (Lipinski definition) is 4. The molecule has 1 unspecified atom stereocenters. The molecule has 0 aliphatic carbocycles. The van der Waals surface area contributed by atoms with Gasteiger partial charge in [0.15, 0.2) is 0 Å². The molecule has 0 amide bonds. The molecule has 5 nitrogen and oxygen atoms in total. The summed E-state index contributed by atoms with van der Waals surface area (Å²) in [6, 6.07) is 7.95. The number of para-hydroxylation sites is 1. The predicted molar refractivity (Wildman–Crippen MR) is 67.1 cm³/mol. The lowest BCUT2D eigenvalue weighted by atomic mass is 9.82. The molecule has 1 aliphatic rings. The van der Waals surface area contributed by atoms with Crippen molar-refractivity contribution < 1.29 is 4.74 Å². The second-order valence-electron chi connectivity index (χ2n) is 4.81. The van der Waals surface area contributed by atoms with Gasteiger partial charge in [0.25, 0.3) is 0 Å². The van der Waals surface area contributed by atoms with Crippen LogP contribution in [0.4, 0.5) is 0 Å². The molecular weight excluding hydrogens is 228 g/mol. The van der Waals surface area contributed by atoms with Crippen molar-refractivity contribution in [1.29, 1.82) is 0 Å². The summed E-state index contributed by atoms with van der Waals surface area (Å²) in [5.41, 5.74) is 8.11. The SMILES string of the molecule is Cn1cc(CC2(N)CCOc3ccccc32)nn1. The first-order valence-electron chi connectivity index (χ1n) is 6.04. The Balaban J connectivity index is 1.95. The van der Waals surface area contributed by atoms with Gasteiger partial charge in [-0.1, -0.05) is 23.4 Å². The van der Waals surface area contributed by atoms with Crippen molar-refractivity contribution in [3.63, 3.8) is 0 Å². The second-order valence-corrected chi connectivity index (χ2v) is 4.81. The van der Waals surface area contributed by atoms with Crippen molar-refractivity contribution in [3.8, 4) is 5.75 Å². The van der Waals surface area contributed by atoms with Crippen LogP contribution in [0.2, 0.25) is 0 Å². The Morgan fingerprint density at radius 2 is 2.28 bits per heavy atom. The van der Waals surface area contributed by atoms with E-state index < -0.39 is 5.54 Å². The summed E-state index contributed by atoms with van der Waals surface area (Å²) in [6.45, 7) is 0.647. The zero-order chi connectivity index (χ0) is 12.6. The summed E-state index contributed by atoms with van der Waals surface area (Å²) in [4.78, 5) is 0. The van der Waals surface area contributed by atoms with Gasteiger partial charge in [0, 0.05) is 31.6 Å². The first-order valence-corrected chi connectivity index (χ1v) is 6.04. The zero-order valence-corrected chi connectivity index (χ0v) is 10.3. The van der Waals surface area contributed by atoms with Crippen molar-refractivity contribution in [3.05, 3.63) is 41.7 Å². The molecule has 3 rings (SSSR count). The number of aromatic nitrogens is 3. The van der Waals surface area contributed by atoms with E-state index >= 15 is 0 Å². The summed E-state index contributed by atoms with van der Waals surface area (Å²) in [5, 5.41) is 8.07. The molecule has 0 saturated heterocycles. The molecule has 2 aromatic rings. The van der Waals surface area contributed by atoms with Crippen LogP contribution in [-0.4, -0.2) is 21.6 Å². The summed E-state index contributed by atoms with van der Waals surface area (Å²) in [6.07, 6.45) is 3.38. The topological polar surface area (TPSA) is 66.0 Å². The van der Waals surface area contributed by atoms with Crippen LogP contribution in [0.25, 0.3) is 0 Å². The van der Waals surface area contributed by atoms with Gasteiger partial charge in [-0.05, 0) is 6.07 Å². The van der Waals surface area contributed by atoms with Crippen molar-refractivity contribution >= 4 is 0 Å². The average Bonchev–Trinajstić information content (AvgIpc) is 2.75. The van der Waals surface area contributed by atoms with E-state index in [1.807, 2.05) is 37.5 Å². The van der Waals surface area contributed by atoms with Crippen LogP contribution >= 0.6 is 0 Å². The van der Waals surface area contributed by atoms with E-state index in [-0.39, 0.29) is 0 Å². The number of ether oxygens (including phenoxy) is 1. The Hall–Kier alpha value is -1.88. The van der Waals surface area contributed by atoms with Crippen LogP contribution in [-0.2, 0) is 19.0 Å². The van der Waals surface area contributed by atoms with Crippen LogP contribution in [0.1, 0.15) is 17.7 Å². The molecule has 0 saturated carbocycles. The quantitative estimate of drug-likeness (QED) is 0.855. The highest BCUT2D eigenvalue weighted by Gasteiger charge is 2.34. The van der Waals surface area contributed by atoms with Crippen LogP contribution in [0.5, 0.6) is 5.75 Å². The lowest BCUT2D eigenvalue weighted by Gasteiger charge is -2.35. The molecule has 94 valence electrons. The monoisotopic (exact) mass is 244 g/mol. The fourth-order valence-electron chi connectivity index (χ4n) is 2.46. The van der Waals surface area contributed by atoms with Crippen LogP contribution in [0.15, 0.2) is 30.5 Å². The summed E-state index contributed by atoms with van der Waals surface area (Å²) < 4.78 is 7.34. The predicted octanol–water partition coefficient (Wildman–Crippen LogP) is 0.994. The normalized spacial score (nSPS) is 22.3. The lowest BCUT2D eigenvalue weighted by Crippen LogP contribution is -2.43. The van der Waals surface area contributed by atoms with Gasteiger partial charge in [-0.15, -0.1) is 5.10 Å². The Morgan fingerprint density at radius 1 is 1.44 bits per heavy atom. The van der Waals surface area contributed by atoms with Gasteiger partial charge < -0.3 is 10.5 Å². The van der Waals surface area contributed by atoms with E-state index in [4.69, 9.17) is 10.5 Å². The van der Waals surface area contributed by atoms with Crippen molar-refractivity contribution in [2.24, 2.45) is 12.8 Å². The number of nitrogens with two attached hydrogens (primary N) is 1. The van der Waals surface area contributed by atoms with E-state index in [0.29, 0.717) is 13.0 Å². The number of hydrogen-bond donors (Lipinski definition) is 1. The molecule has 18 heavy (non-hydrogen) atoms. The van der Waals surface area contributed by atoms with Gasteiger partial charge in [0.05, 0.1) is 17.8 Å². The number of nitrogens with zero attached hydrogens (tertiary/aromatic N) is 3. The summed E-state index contributed by atoms with van der Waals surface area (Å²) in [5.74, 6) is 0.884. The largest absolute Gasteiger partial charge is 0.493 e. The summed E-state index contributed by atoms with van der Waals surface area (Å²) >= 11 is 0. The van der Waals surface area contributed by atoms with Gasteiger partial charge in [-0.25, -0.2) is 0 Å². The van der Waals surface area contributed by atoms with Gasteiger partial charge in [-0.2, -0.15) is 0 Å². The molecule has 0 radical (unpaired) electrons. The Morgan fingerprint density at radius 3 is 3.06 bits per heavy atom. The molecule has 1 aromatic heterocycles. The number of benzene rings is 1. The molecule has 1 atom stereocenters. The van der Waals surface area contributed by atoms with Crippen molar-refractivity contribution in [2.45, 2.75) is 18.4 Å². The van der Waals surface area contributed by atoms with E-state index in [0.717, 1.165) is 23.4 Å². The fourth-order valence-corrected chi connectivity index (χ4v) is 2.46. The van der Waals surface area contributed by atoms with Gasteiger partial charge in [0.1, 0.15) is 5.75 Å². The maximum atomic E-state index is 6.55. The van der Waals surface area contributed by atoms with E-state index in [1.54, 1.807) is 4.68 Å². The molecule has 0 bridgehead atoms. The molecule has 2 heterocycles. The van der Waals surface area contributed by atoms with Crippen molar-refractivity contribution in [2.75, 3.05) is 6.61 Å². The van der Waals surface area contributed by atoms with E-state index in [1.165, 1.54) is 0 Å². The fraction of sp³-hybridized carbons (Fsp3) is 0.385. The van der Waals surface area contributed by atoms with Crippen LogP contribution in [0.3, 0.4) is 0 Å². The van der Waals surface area contributed by atoms with Gasteiger partial charge in [0.2, 0.25) is 0 Å². The smallest absolute Gasteiger partial charge is 0.124 e. The van der Waals surface area contributed by atoms with Crippen molar-refractivity contribution in [1.82, 2.24) is 15.0 Å². The maximum Gasteiger partial charge on any atom is 0.124 e. The third-order valence-electron chi connectivity index (χ3n) is 3.38. The molecule has 5 heteroatoms. The maximum absolute atomic E-state index is 6.55. The van der Waals surface area contributed by atoms with Crippen LogP contribution in [0, 0.1) is 0 Å². The molecule has 0 fully saturated rings. The Labute approximate surface area is 106 Å². The third kappa shape index (κ3) is 1.86. The highest BCUT2D eigenvalue weighted by molar-refractivity contribution is 5.41. The Kier molecular flexibility index (Phi) is 2.56. The van der Waals surface area contributed by atoms with Crippen LogP contribution < -0.4 is 10.5 Å². The highest BCUT2D eigenvalue weighted by atomic mass is 16.5. The number of fused-ring (bicyclic) bond motifs is 1. The third-order valence-corrected chi connectivity index (χ3v) is 3.38. The standard InChI is InChI=1S/C13H16N4O/c1-17-9-10(15-16-17)8-13(14)6-7-18-12-5-3-2-4-11(12)13/h2-5,9H,6-8,14H2,1H3. The minimum atomic E-state index is -0.412. The number of rotatable bonds is 2. The molecule has 0 spiro atoms. The molecular formula is C13H16N4O. The minimum Gasteiger partial charge on any atom is -0.493 e. The van der Waals surface area contributed by atoms with E-state index in [9.17, 15) is 0 Å². The first-order chi connectivity index (χ1) is 8.67. The number of aryl methyl sites for hydroxylation is 1. The van der Waals surface area contributed by atoms with E-state index in [2.05, 4.69) is 10.3 Å². The van der Waals surface area contributed by atoms with Gasteiger partial charge in [-0.3, -0.25) is 4.68 Å². The Bertz CT molecular complexity index is 566. The molecule has 2 N–H and O–H groups in total. The second kappa shape index (κ2) is 4.10.